The van der Waals surface area contributed by atoms with Gasteiger partial charge in [-0.05, 0) is 41.4 Å². The summed E-state index contributed by atoms with van der Waals surface area (Å²) in [7, 11) is 3.47. The van der Waals surface area contributed by atoms with Crippen molar-refractivity contribution in [1.29, 1.82) is 0 Å². The first-order chi connectivity index (χ1) is 13.2. The highest BCUT2D eigenvalue weighted by Gasteiger charge is 2.19. The van der Waals surface area contributed by atoms with Gasteiger partial charge in [0.05, 0.1) is 23.9 Å². The molecule has 4 rings (SSSR count). The normalized spacial score (nSPS) is 10.9. The van der Waals surface area contributed by atoms with E-state index >= 15 is 0 Å². The molecule has 0 saturated heterocycles. The topological polar surface area (TPSA) is 64.9 Å². The molecule has 0 aliphatic carbocycles. The molecule has 0 bridgehead atoms. The van der Waals surface area contributed by atoms with Gasteiger partial charge in [-0.25, -0.2) is 4.68 Å². The van der Waals surface area contributed by atoms with Crippen molar-refractivity contribution in [1.82, 2.24) is 19.7 Å². The van der Waals surface area contributed by atoms with Gasteiger partial charge in [0.25, 0.3) is 0 Å². The number of aromatic nitrogens is 4. The van der Waals surface area contributed by atoms with Gasteiger partial charge in [-0.1, -0.05) is 30.3 Å². The molecule has 0 aliphatic heterocycles. The number of ether oxygens (including phenoxy) is 1. The number of hydrogen-bond donors (Lipinski definition) is 1. The van der Waals surface area contributed by atoms with Gasteiger partial charge in [-0.3, -0.25) is 0 Å². The van der Waals surface area contributed by atoms with E-state index < -0.39 is 0 Å². The monoisotopic (exact) mass is 379 g/mol. The lowest BCUT2D eigenvalue weighted by Crippen LogP contribution is -2.00. The molecule has 0 fully saturated rings. The van der Waals surface area contributed by atoms with Crippen molar-refractivity contribution in [3.05, 3.63) is 71.1 Å². The summed E-state index contributed by atoms with van der Waals surface area (Å²) in [5, 5.41) is 8.99. The second-order valence-corrected chi connectivity index (χ2v) is 6.35. The van der Waals surface area contributed by atoms with E-state index in [0.29, 0.717) is 17.9 Å². The molecule has 0 spiro atoms. The minimum atomic E-state index is 0.180. The fourth-order valence-corrected chi connectivity index (χ4v) is 3.21. The SMILES string of the molecule is CNc1nc(Cl)nc2c1c(Cc1ccc(OC)cc1)nn2-c1ccccc1. The Labute approximate surface area is 161 Å². The van der Waals surface area contributed by atoms with Crippen molar-refractivity contribution < 1.29 is 4.74 Å². The Kier molecular flexibility index (Phi) is 4.64. The van der Waals surface area contributed by atoms with Crippen LogP contribution in [0.5, 0.6) is 5.75 Å². The highest BCUT2D eigenvalue weighted by molar-refractivity contribution is 6.28. The Morgan fingerprint density at radius 3 is 2.44 bits per heavy atom. The molecule has 1 N–H and O–H groups in total. The standard InChI is InChI=1S/C20H18ClN5O/c1-22-18-17-16(12-13-8-10-15(27-2)11-9-13)25-26(14-6-4-3-5-7-14)19(17)24-20(21)23-18/h3-11H,12H2,1-2H3,(H,22,23,24). The number of fused-ring (bicyclic) bond motifs is 1. The molecule has 27 heavy (non-hydrogen) atoms. The van der Waals surface area contributed by atoms with E-state index in [4.69, 9.17) is 21.4 Å². The quantitative estimate of drug-likeness (QED) is 0.528. The van der Waals surface area contributed by atoms with Crippen LogP contribution in [0.3, 0.4) is 0 Å². The maximum Gasteiger partial charge on any atom is 0.226 e. The highest BCUT2D eigenvalue weighted by Crippen LogP contribution is 2.29. The number of hydrogen-bond acceptors (Lipinski definition) is 5. The predicted molar refractivity (Wildman–Crippen MR) is 107 cm³/mol. The predicted octanol–water partition coefficient (Wildman–Crippen LogP) is 4.11. The number of halogens is 1. The number of benzene rings is 2. The zero-order chi connectivity index (χ0) is 18.8. The molecule has 2 aromatic heterocycles. The zero-order valence-corrected chi connectivity index (χ0v) is 15.7. The lowest BCUT2D eigenvalue weighted by atomic mass is 10.1. The molecular weight excluding hydrogens is 362 g/mol. The van der Waals surface area contributed by atoms with Crippen molar-refractivity contribution in [2.45, 2.75) is 6.42 Å². The lowest BCUT2D eigenvalue weighted by Gasteiger charge is -2.05. The Bertz CT molecular complexity index is 1080. The van der Waals surface area contributed by atoms with Crippen molar-refractivity contribution in [3.8, 4) is 11.4 Å². The van der Waals surface area contributed by atoms with Crippen molar-refractivity contribution >= 4 is 28.5 Å². The smallest absolute Gasteiger partial charge is 0.226 e. The third kappa shape index (κ3) is 3.31. The number of nitrogens with one attached hydrogen (secondary N) is 1. The summed E-state index contributed by atoms with van der Waals surface area (Å²) in [6.45, 7) is 0. The van der Waals surface area contributed by atoms with Crippen molar-refractivity contribution in [2.75, 3.05) is 19.5 Å². The fraction of sp³-hybridized carbons (Fsp3) is 0.150. The molecular formula is C20H18ClN5O. The van der Waals surface area contributed by atoms with Crippen LogP contribution in [0, 0.1) is 0 Å². The largest absolute Gasteiger partial charge is 0.497 e. The van der Waals surface area contributed by atoms with Crippen LogP contribution in [0.25, 0.3) is 16.7 Å². The molecule has 0 aliphatic rings. The Balaban J connectivity index is 1.88. The fourth-order valence-electron chi connectivity index (χ4n) is 3.05. The molecule has 0 radical (unpaired) electrons. The number of para-hydroxylation sites is 1. The van der Waals surface area contributed by atoms with Crippen molar-refractivity contribution in [3.63, 3.8) is 0 Å². The van der Waals surface area contributed by atoms with Crippen LogP contribution in [0.4, 0.5) is 5.82 Å². The van der Waals surface area contributed by atoms with Gasteiger partial charge in [0.15, 0.2) is 5.65 Å². The molecule has 7 heteroatoms. The summed E-state index contributed by atoms with van der Waals surface area (Å²) in [6, 6.07) is 17.8. The van der Waals surface area contributed by atoms with Gasteiger partial charge in [0.2, 0.25) is 5.28 Å². The number of anilines is 1. The molecule has 0 amide bonds. The van der Waals surface area contributed by atoms with E-state index in [-0.39, 0.29) is 5.28 Å². The second kappa shape index (κ2) is 7.25. The summed E-state index contributed by atoms with van der Waals surface area (Å²) in [6.07, 6.45) is 0.639. The van der Waals surface area contributed by atoms with E-state index in [0.717, 1.165) is 28.1 Å². The molecule has 2 heterocycles. The second-order valence-electron chi connectivity index (χ2n) is 6.01. The van der Waals surface area contributed by atoms with Gasteiger partial charge < -0.3 is 10.1 Å². The van der Waals surface area contributed by atoms with E-state index in [9.17, 15) is 0 Å². The maximum absolute atomic E-state index is 6.15. The Morgan fingerprint density at radius 2 is 1.78 bits per heavy atom. The number of nitrogens with zero attached hydrogens (tertiary/aromatic N) is 4. The molecule has 136 valence electrons. The van der Waals surface area contributed by atoms with Gasteiger partial charge in [-0.2, -0.15) is 15.1 Å². The Hall–Kier alpha value is -3.12. The summed E-state index contributed by atoms with van der Waals surface area (Å²) in [5.41, 5.74) is 3.59. The van der Waals surface area contributed by atoms with Crippen LogP contribution in [0.15, 0.2) is 54.6 Å². The van der Waals surface area contributed by atoms with E-state index in [1.807, 2.05) is 66.3 Å². The Morgan fingerprint density at radius 1 is 1.04 bits per heavy atom. The highest BCUT2D eigenvalue weighted by atomic mass is 35.5. The minimum Gasteiger partial charge on any atom is -0.497 e. The molecule has 6 nitrogen and oxygen atoms in total. The van der Waals surface area contributed by atoms with Crippen LogP contribution < -0.4 is 10.1 Å². The number of rotatable bonds is 5. The van der Waals surface area contributed by atoms with E-state index in [1.54, 1.807) is 7.11 Å². The first kappa shape index (κ1) is 17.3. The molecule has 0 atom stereocenters. The van der Waals surface area contributed by atoms with Crippen LogP contribution in [0.1, 0.15) is 11.3 Å². The summed E-state index contributed by atoms with van der Waals surface area (Å²) in [5.74, 6) is 1.49. The molecule has 0 saturated carbocycles. The summed E-state index contributed by atoms with van der Waals surface area (Å²) < 4.78 is 7.04. The van der Waals surface area contributed by atoms with Crippen LogP contribution in [-0.2, 0) is 6.42 Å². The van der Waals surface area contributed by atoms with Gasteiger partial charge >= 0.3 is 0 Å². The van der Waals surface area contributed by atoms with Crippen LogP contribution in [-0.4, -0.2) is 33.9 Å². The molecule has 4 aromatic rings. The lowest BCUT2D eigenvalue weighted by molar-refractivity contribution is 0.414. The number of methoxy groups -OCH3 is 1. The van der Waals surface area contributed by atoms with E-state index in [1.165, 1.54) is 0 Å². The first-order valence-electron chi connectivity index (χ1n) is 8.51. The first-order valence-corrected chi connectivity index (χ1v) is 8.88. The molecule has 2 aromatic carbocycles. The van der Waals surface area contributed by atoms with E-state index in [2.05, 4.69) is 15.3 Å². The summed E-state index contributed by atoms with van der Waals surface area (Å²) >= 11 is 6.15. The third-order valence-electron chi connectivity index (χ3n) is 4.34. The van der Waals surface area contributed by atoms with Gasteiger partial charge in [0.1, 0.15) is 11.6 Å². The van der Waals surface area contributed by atoms with Gasteiger partial charge in [-0.15, -0.1) is 0 Å². The average molecular weight is 380 g/mol. The third-order valence-corrected chi connectivity index (χ3v) is 4.51. The minimum absolute atomic E-state index is 0.180. The molecule has 0 unspecified atom stereocenters. The average Bonchev–Trinajstić information content (AvgIpc) is 3.06. The van der Waals surface area contributed by atoms with Gasteiger partial charge in [0, 0.05) is 13.5 Å². The van der Waals surface area contributed by atoms with Crippen molar-refractivity contribution in [2.24, 2.45) is 0 Å². The van der Waals surface area contributed by atoms with Crippen LogP contribution >= 0.6 is 11.6 Å². The zero-order valence-electron chi connectivity index (χ0n) is 15.0. The maximum atomic E-state index is 6.15. The summed E-state index contributed by atoms with van der Waals surface area (Å²) in [4.78, 5) is 8.77. The van der Waals surface area contributed by atoms with Crippen LogP contribution in [0.2, 0.25) is 5.28 Å².